The number of benzene rings is 3. The molecular weight excluding hydrogens is 709 g/mol. The van der Waals surface area contributed by atoms with Crippen molar-refractivity contribution in [1.29, 1.82) is 0 Å². The van der Waals surface area contributed by atoms with Crippen LogP contribution in [0.5, 0.6) is 5.75 Å². The number of hydrogen-bond donors (Lipinski definition) is 2. The van der Waals surface area contributed by atoms with Crippen molar-refractivity contribution in [2.24, 2.45) is 10.9 Å². The van der Waals surface area contributed by atoms with Gasteiger partial charge in [0.2, 0.25) is 5.91 Å². The summed E-state index contributed by atoms with van der Waals surface area (Å²) in [5, 5.41) is 4.97. The topological polar surface area (TPSA) is 138 Å². The zero-order valence-corrected chi connectivity index (χ0v) is 33.6. The summed E-state index contributed by atoms with van der Waals surface area (Å²) in [5.74, 6) is 1.32. The number of aromatic nitrogens is 2. The van der Waals surface area contributed by atoms with Crippen LogP contribution in [0, 0.1) is 5.92 Å². The van der Waals surface area contributed by atoms with E-state index in [1.165, 1.54) is 12.7 Å². The fourth-order valence-corrected chi connectivity index (χ4v) is 8.96. The van der Waals surface area contributed by atoms with Crippen molar-refractivity contribution in [1.82, 2.24) is 25.1 Å². The van der Waals surface area contributed by atoms with Crippen molar-refractivity contribution < 1.29 is 28.6 Å². The minimum absolute atomic E-state index is 0.0000573. The fourth-order valence-electron chi connectivity index (χ4n) is 8.96. The maximum absolute atomic E-state index is 13.8. The minimum Gasteiger partial charge on any atom is -0.488 e. The number of aromatic amines is 1. The number of amides is 3. The Balaban J connectivity index is 1.02. The molecule has 0 saturated carbocycles. The average Bonchev–Trinajstić information content (AvgIpc) is 3.97. The lowest BCUT2D eigenvalue weighted by molar-refractivity contribution is -0.137. The standard InChI is InChI=1S/C44H52N6O6/c1-23(2)39(48-42(52)54-8)41(51)49-24(3)10-16-37(49)40-45-21-35(47-40)27-11-13-29-28(17-27)22-55-38-20-30-26(18-32(29)38)12-14-33-31(30)19-34(46-33)36-15-9-25(4)50(36)43(53)56-44(5,6)7/h11-14,17-18,20-21,23-25,36-37,39H,9-10,15-16,19,22H2,1-8H3,(H,45,47)(H,48,52)/t24-,25-,36-,37-,39-/m0/s1. The number of ether oxygens (including phenoxy) is 3. The first-order chi connectivity index (χ1) is 26.7. The van der Waals surface area contributed by atoms with Crippen LogP contribution in [-0.4, -0.2) is 80.5 Å². The van der Waals surface area contributed by atoms with Crippen molar-refractivity contribution in [3.63, 3.8) is 0 Å². The highest BCUT2D eigenvalue weighted by Crippen LogP contribution is 2.45. The molecular formula is C44H52N6O6. The number of carbonyl (C=O) groups excluding carboxylic acids is 3. The van der Waals surface area contributed by atoms with Gasteiger partial charge in [0.25, 0.3) is 0 Å². The van der Waals surface area contributed by atoms with E-state index in [1.807, 2.05) is 57.5 Å². The number of hydrogen-bond acceptors (Lipinski definition) is 8. The van der Waals surface area contributed by atoms with E-state index in [1.54, 1.807) is 0 Å². The fraction of sp³-hybridized carbons (Fsp3) is 0.477. The number of H-pyrrole nitrogens is 1. The van der Waals surface area contributed by atoms with Crippen LogP contribution in [0.1, 0.15) is 97.1 Å². The van der Waals surface area contributed by atoms with Crippen LogP contribution >= 0.6 is 0 Å². The monoisotopic (exact) mass is 760 g/mol. The molecule has 2 fully saturated rings. The molecule has 5 heterocycles. The lowest BCUT2D eigenvalue weighted by atomic mass is 9.91. The van der Waals surface area contributed by atoms with E-state index in [4.69, 9.17) is 24.2 Å². The highest BCUT2D eigenvalue weighted by Gasteiger charge is 2.42. The third kappa shape index (κ3) is 6.77. The molecule has 0 radical (unpaired) electrons. The van der Waals surface area contributed by atoms with Gasteiger partial charge in [-0.2, -0.15) is 0 Å². The van der Waals surface area contributed by atoms with Gasteiger partial charge in [0.05, 0.1) is 36.8 Å². The van der Waals surface area contributed by atoms with E-state index in [2.05, 4.69) is 59.7 Å². The number of likely N-dealkylation sites (tertiary alicyclic amines) is 2. The summed E-state index contributed by atoms with van der Waals surface area (Å²) in [6, 6.07) is 14.1. The van der Waals surface area contributed by atoms with Gasteiger partial charge in [-0.05, 0) is 124 Å². The third-order valence-corrected chi connectivity index (χ3v) is 11.8. The maximum Gasteiger partial charge on any atom is 0.411 e. The summed E-state index contributed by atoms with van der Waals surface area (Å²) >= 11 is 0. The molecule has 12 heteroatoms. The van der Waals surface area contributed by atoms with E-state index in [0.29, 0.717) is 13.0 Å². The van der Waals surface area contributed by atoms with Gasteiger partial charge in [0, 0.05) is 29.8 Å². The lowest BCUT2D eigenvalue weighted by Crippen LogP contribution is -2.52. The van der Waals surface area contributed by atoms with Crippen LogP contribution in [0.15, 0.2) is 53.7 Å². The van der Waals surface area contributed by atoms with Crippen molar-refractivity contribution in [3.05, 3.63) is 65.6 Å². The number of fused-ring (bicyclic) bond motifs is 6. The molecule has 0 spiro atoms. The Morgan fingerprint density at radius 2 is 1.70 bits per heavy atom. The smallest absolute Gasteiger partial charge is 0.411 e. The summed E-state index contributed by atoms with van der Waals surface area (Å²) in [6.45, 7) is 14.1. The zero-order chi connectivity index (χ0) is 39.6. The van der Waals surface area contributed by atoms with Gasteiger partial charge >= 0.3 is 12.2 Å². The van der Waals surface area contributed by atoms with E-state index >= 15 is 0 Å². The molecule has 56 heavy (non-hydrogen) atoms. The largest absolute Gasteiger partial charge is 0.488 e. The number of rotatable bonds is 6. The second-order valence-electron chi connectivity index (χ2n) is 17.1. The number of alkyl carbamates (subject to hydrolysis) is 1. The first-order valence-corrected chi connectivity index (χ1v) is 19.9. The summed E-state index contributed by atoms with van der Waals surface area (Å²) in [6.07, 6.45) is 5.01. The van der Waals surface area contributed by atoms with Crippen molar-refractivity contribution in [2.75, 3.05) is 7.11 Å². The lowest BCUT2D eigenvalue weighted by Gasteiger charge is -2.32. The van der Waals surface area contributed by atoms with Gasteiger partial charge in [-0.25, -0.2) is 14.6 Å². The molecule has 4 aliphatic rings. The van der Waals surface area contributed by atoms with E-state index in [0.717, 1.165) is 87.4 Å². The van der Waals surface area contributed by atoms with Crippen LogP contribution in [-0.2, 0) is 27.3 Å². The highest BCUT2D eigenvalue weighted by atomic mass is 16.6. The molecule has 1 aromatic heterocycles. The number of nitrogens with one attached hydrogen (secondary N) is 2. The number of carbonyl (C=O) groups is 3. The predicted octanol–water partition coefficient (Wildman–Crippen LogP) is 8.64. The van der Waals surface area contributed by atoms with Gasteiger partial charge in [-0.3, -0.25) is 14.7 Å². The van der Waals surface area contributed by atoms with E-state index < -0.39 is 17.7 Å². The molecule has 8 rings (SSSR count). The molecule has 4 aliphatic heterocycles. The van der Waals surface area contributed by atoms with Crippen LogP contribution in [0.3, 0.4) is 0 Å². The zero-order valence-electron chi connectivity index (χ0n) is 33.6. The molecule has 0 bridgehead atoms. The normalized spacial score (nSPS) is 22.0. The second kappa shape index (κ2) is 14.3. The SMILES string of the molecule is COC(=O)N[C@H](C(=O)N1[C@@H](C)CC[C@H]1c1ncc(-c2ccc3c(c2)COc2cc4c5c(ccc4cc2-3)N=C([C@@H]2CC[C@H](C)N2C(=O)OC(C)(C)C)C5)[nH]1)C(C)C. The first kappa shape index (κ1) is 37.5. The van der Waals surface area contributed by atoms with E-state index in [9.17, 15) is 14.4 Å². The van der Waals surface area contributed by atoms with Crippen LogP contribution < -0.4 is 10.1 Å². The summed E-state index contributed by atoms with van der Waals surface area (Å²) < 4.78 is 17.0. The van der Waals surface area contributed by atoms with Crippen molar-refractivity contribution >= 4 is 40.3 Å². The quantitative estimate of drug-likeness (QED) is 0.201. The second-order valence-corrected chi connectivity index (χ2v) is 17.1. The summed E-state index contributed by atoms with van der Waals surface area (Å²) in [5.41, 5.74) is 7.66. The molecule has 3 aromatic carbocycles. The number of methoxy groups -OCH3 is 1. The van der Waals surface area contributed by atoms with Gasteiger partial charge in [0.15, 0.2) is 0 Å². The maximum atomic E-state index is 13.8. The Hall–Kier alpha value is -5.39. The van der Waals surface area contributed by atoms with Crippen molar-refractivity contribution in [2.45, 2.75) is 123 Å². The molecule has 2 saturated heterocycles. The Bertz CT molecular complexity index is 2250. The molecule has 4 aromatic rings. The third-order valence-electron chi connectivity index (χ3n) is 11.8. The van der Waals surface area contributed by atoms with Gasteiger partial charge in [0.1, 0.15) is 29.8 Å². The Kier molecular flexibility index (Phi) is 9.57. The average molecular weight is 761 g/mol. The van der Waals surface area contributed by atoms with Crippen molar-refractivity contribution in [3.8, 4) is 28.1 Å². The molecule has 0 aliphatic carbocycles. The van der Waals surface area contributed by atoms with Gasteiger partial charge in [-0.15, -0.1) is 0 Å². The Morgan fingerprint density at radius 1 is 0.946 bits per heavy atom. The Labute approximate surface area is 328 Å². The summed E-state index contributed by atoms with van der Waals surface area (Å²) in [4.78, 5) is 56.3. The molecule has 12 nitrogen and oxygen atoms in total. The predicted molar refractivity (Wildman–Crippen MR) is 215 cm³/mol. The molecule has 294 valence electrons. The molecule has 0 unspecified atom stereocenters. The summed E-state index contributed by atoms with van der Waals surface area (Å²) in [7, 11) is 1.30. The minimum atomic E-state index is -0.704. The number of nitrogens with zero attached hydrogens (tertiary/aromatic N) is 4. The molecule has 3 amide bonds. The molecule has 2 N–H and O–H groups in total. The molecule has 5 atom stereocenters. The van der Waals surface area contributed by atoms with Gasteiger partial charge in [-0.1, -0.05) is 32.0 Å². The van der Waals surface area contributed by atoms with E-state index in [-0.39, 0.29) is 42.1 Å². The van der Waals surface area contributed by atoms with Crippen LogP contribution in [0.25, 0.3) is 33.2 Å². The van der Waals surface area contributed by atoms with Crippen LogP contribution in [0.2, 0.25) is 0 Å². The van der Waals surface area contributed by atoms with Crippen LogP contribution in [0.4, 0.5) is 15.3 Å². The Morgan fingerprint density at radius 3 is 2.43 bits per heavy atom. The number of aliphatic imine (C=N–C) groups is 1. The van der Waals surface area contributed by atoms with Gasteiger partial charge < -0.3 is 29.4 Å². The first-order valence-electron chi connectivity index (χ1n) is 19.9. The highest BCUT2D eigenvalue weighted by molar-refractivity contribution is 6.06. The number of imidazole rings is 1.